The molecule has 2 aromatic heterocycles. The number of H-pyrrole nitrogens is 2. The Kier molecular flexibility index (Phi) is 4.95. The number of nitrogens with one attached hydrogen (secondary N) is 3. The van der Waals surface area contributed by atoms with Gasteiger partial charge in [0.05, 0.1) is 17.3 Å². The summed E-state index contributed by atoms with van der Waals surface area (Å²) in [5.41, 5.74) is 1.98. The van der Waals surface area contributed by atoms with Crippen LogP contribution in [0, 0.1) is 12.7 Å². The molecular formula is C22H19FN4O2. The first kappa shape index (κ1) is 18.6. The summed E-state index contributed by atoms with van der Waals surface area (Å²) in [6.07, 6.45) is 2.26. The van der Waals surface area contributed by atoms with Crippen LogP contribution in [0.1, 0.15) is 33.5 Å². The predicted molar refractivity (Wildman–Crippen MR) is 108 cm³/mol. The first-order valence-electron chi connectivity index (χ1n) is 9.19. The number of carbonyl (C=O) groups excluding carboxylic acids is 1. The number of aromatic amines is 2. The van der Waals surface area contributed by atoms with E-state index in [4.69, 9.17) is 0 Å². The Morgan fingerprint density at radius 2 is 1.93 bits per heavy atom. The van der Waals surface area contributed by atoms with Gasteiger partial charge in [0.1, 0.15) is 11.6 Å². The smallest absolute Gasteiger partial charge is 0.254 e. The third-order valence-electron chi connectivity index (χ3n) is 4.76. The van der Waals surface area contributed by atoms with Gasteiger partial charge in [-0.15, -0.1) is 0 Å². The Labute approximate surface area is 165 Å². The maximum atomic E-state index is 14.1. The third kappa shape index (κ3) is 3.94. The van der Waals surface area contributed by atoms with E-state index in [1.54, 1.807) is 13.0 Å². The van der Waals surface area contributed by atoms with Gasteiger partial charge in [-0.2, -0.15) is 0 Å². The number of benzene rings is 2. The summed E-state index contributed by atoms with van der Waals surface area (Å²) < 4.78 is 14.1. The average Bonchev–Trinajstić information content (AvgIpc) is 3.10. The number of carbonyl (C=O) groups is 1. The zero-order chi connectivity index (χ0) is 20.4. The van der Waals surface area contributed by atoms with Crippen LogP contribution in [0.25, 0.3) is 10.9 Å². The highest BCUT2D eigenvalue weighted by molar-refractivity contribution is 5.94. The van der Waals surface area contributed by atoms with Gasteiger partial charge in [0.2, 0.25) is 0 Å². The summed E-state index contributed by atoms with van der Waals surface area (Å²) in [6.45, 7) is 1.67. The Morgan fingerprint density at radius 1 is 1.17 bits per heavy atom. The molecule has 29 heavy (non-hydrogen) atoms. The van der Waals surface area contributed by atoms with E-state index in [1.165, 1.54) is 24.3 Å². The summed E-state index contributed by atoms with van der Waals surface area (Å²) in [7, 11) is 0. The molecule has 6 nitrogen and oxygen atoms in total. The van der Waals surface area contributed by atoms with Crippen molar-refractivity contribution in [3.63, 3.8) is 0 Å². The first-order valence-corrected chi connectivity index (χ1v) is 9.19. The molecule has 2 heterocycles. The molecule has 3 N–H and O–H groups in total. The van der Waals surface area contributed by atoms with Crippen molar-refractivity contribution in [2.45, 2.75) is 19.4 Å². The molecule has 0 fully saturated rings. The molecule has 4 rings (SSSR count). The van der Waals surface area contributed by atoms with E-state index in [2.05, 4.69) is 20.3 Å². The number of hydrogen-bond donors (Lipinski definition) is 3. The lowest BCUT2D eigenvalue weighted by atomic mass is 10.0. The van der Waals surface area contributed by atoms with Crippen molar-refractivity contribution in [3.05, 3.63) is 99.6 Å². The van der Waals surface area contributed by atoms with E-state index in [-0.39, 0.29) is 11.1 Å². The van der Waals surface area contributed by atoms with Crippen LogP contribution < -0.4 is 10.9 Å². The van der Waals surface area contributed by atoms with E-state index < -0.39 is 17.8 Å². The fraction of sp³-hybridized carbons (Fsp3) is 0.136. The molecule has 146 valence electrons. The predicted octanol–water partition coefficient (Wildman–Crippen LogP) is 3.41. The number of rotatable bonds is 5. The second-order valence-corrected chi connectivity index (χ2v) is 6.83. The Bertz CT molecular complexity index is 1240. The van der Waals surface area contributed by atoms with Gasteiger partial charge >= 0.3 is 0 Å². The lowest BCUT2D eigenvalue weighted by Gasteiger charge is -2.19. The van der Waals surface area contributed by atoms with Gasteiger partial charge in [-0.25, -0.2) is 9.37 Å². The standard InChI is InChI=1S/C22H19FN4O2/c1-13-25-20(11-21(28)26-13)19(27-22(29)16-7-2-4-8-17(16)23)10-14-12-24-18-9-5-3-6-15(14)18/h2-9,11-12,19,24H,10H2,1H3,(H,27,29)(H,25,26,28)/t19-/m1/s1. The van der Waals surface area contributed by atoms with Gasteiger partial charge in [0, 0.05) is 29.6 Å². The number of hydrogen-bond acceptors (Lipinski definition) is 3. The van der Waals surface area contributed by atoms with Gasteiger partial charge in [-0.3, -0.25) is 9.59 Å². The molecule has 0 aliphatic rings. The Hall–Kier alpha value is -3.74. The molecular weight excluding hydrogens is 371 g/mol. The largest absolute Gasteiger partial charge is 0.361 e. The lowest BCUT2D eigenvalue weighted by molar-refractivity contribution is 0.0931. The quantitative estimate of drug-likeness (QED) is 0.488. The minimum Gasteiger partial charge on any atom is -0.361 e. The van der Waals surface area contributed by atoms with Crippen LogP contribution in [0.3, 0.4) is 0 Å². The average molecular weight is 390 g/mol. The van der Waals surface area contributed by atoms with Gasteiger partial charge in [0.25, 0.3) is 11.5 Å². The van der Waals surface area contributed by atoms with Gasteiger partial charge in [-0.05, 0) is 30.7 Å². The summed E-state index contributed by atoms with van der Waals surface area (Å²) in [4.78, 5) is 34.9. The molecule has 0 saturated heterocycles. The number of fused-ring (bicyclic) bond motifs is 1. The molecule has 0 aliphatic carbocycles. The van der Waals surface area contributed by atoms with E-state index in [0.29, 0.717) is 17.9 Å². The Balaban J connectivity index is 1.72. The molecule has 0 aliphatic heterocycles. The van der Waals surface area contributed by atoms with E-state index in [9.17, 15) is 14.0 Å². The van der Waals surface area contributed by atoms with E-state index >= 15 is 0 Å². The summed E-state index contributed by atoms with van der Waals surface area (Å²) in [5.74, 6) is -0.727. The fourth-order valence-corrected chi connectivity index (χ4v) is 3.41. The maximum Gasteiger partial charge on any atom is 0.254 e. The van der Waals surface area contributed by atoms with Gasteiger partial charge in [-0.1, -0.05) is 30.3 Å². The highest BCUT2D eigenvalue weighted by Gasteiger charge is 2.21. The van der Waals surface area contributed by atoms with Crippen molar-refractivity contribution in [1.82, 2.24) is 20.3 Å². The van der Waals surface area contributed by atoms with Crippen LogP contribution in [-0.2, 0) is 6.42 Å². The second-order valence-electron chi connectivity index (χ2n) is 6.83. The normalized spacial score (nSPS) is 12.1. The summed E-state index contributed by atoms with van der Waals surface area (Å²) in [5, 5.41) is 3.85. The zero-order valence-electron chi connectivity index (χ0n) is 15.7. The number of para-hydroxylation sites is 1. The van der Waals surface area contributed by atoms with Crippen molar-refractivity contribution < 1.29 is 9.18 Å². The second kappa shape index (κ2) is 7.71. The molecule has 0 bridgehead atoms. The minimum absolute atomic E-state index is 0.0574. The zero-order valence-corrected chi connectivity index (χ0v) is 15.7. The Morgan fingerprint density at radius 3 is 2.72 bits per heavy atom. The van der Waals surface area contributed by atoms with Crippen molar-refractivity contribution >= 4 is 16.8 Å². The monoisotopic (exact) mass is 390 g/mol. The van der Waals surface area contributed by atoms with Crippen molar-refractivity contribution in [1.29, 1.82) is 0 Å². The molecule has 1 amide bonds. The topological polar surface area (TPSA) is 90.6 Å². The molecule has 1 atom stereocenters. The van der Waals surface area contributed by atoms with Crippen molar-refractivity contribution in [2.75, 3.05) is 0 Å². The van der Waals surface area contributed by atoms with Crippen LogP contribution in [0.4, 0.5) is 4.39 Å². The lowest BCUT2D eigenvalue weighted by Crippen LogP contribution is -2.32. The molecule has 2 aromatic carbocycles. The van der Waals surface area contributed by atoms with E-state index in [1.807, 2.05) is 30.5 Å². The maximum absolute atomic E-state index is 14.1. The molecule has 0 spiro atoms. The fourth-order valence-electron chi connectivity index (χ4n) is 3.41. The molecule has 7 heteroatoms. The van der Waals surface area contributed by atoms with Crippen molar-refractivity contribution in [3.8, 4) is 0 Å². The van der Waals surface area contributed by atoms with Gasteiger partial charge in [0.15, 0.2) is 0 Å². The number of amides is 1. The number of halogens is 1. The summed E-state index contributed by atoms with van der Waals surface area (Å²) in [6, 6.07) is 14.3. The highest BCUT2D eigenvalue weighted by Crippen LogP contribution is 2.24. The van der Waals surface area contributed by atoms with E-state index in [0.717, 1.165) is 16.5 Å². The van der Waals surface area contributed by atoms with Crippen LogP contribution in [0.5, 0.6) is 0 Å². The molecule has 0 unspecified atom stereocenters. The SMILES string of the molecule is Cc1nc([C@@H](Cc2c[nH]c3ccccc23)NC(=O)c2ccccc2F)cc(=O)[nH]1. The van der Waals surface area contributed by atoms with Crippen LogP contribution in [0.2, 0.25) is 0 Å². The number of aryl methyl sites for hydroxylation is 1. The van der Waals surface area contributed by atoms with Crippen LogP contribution >= 0.6 is 0 Å². The molecule has 0 radical (unpaired) electrons. The highest BCUT2D eigenvalue weighted by atomic mass is 19.1. The van der Waals surface area contributed by atoms with Crippen LogP contribution in [0.15, 0.2) is 65.6 Å². The first-order chi connectivity index (χ1) is 14.0. The van der Waals surface area contributed by atoms with Gasteiger partial charge < -0.3 is 15.3 Å². The summed E-state index contributed by atoms with van der Waals surface area (Å²) >= 11 is 0. The minimum atomic E-state index is -0.609. The third-order valence-corrected chi connectivity index (χ3v) is 4.76. The number of aromatic nitrogens is 3. The van der Waals surface area contributed by atoms with Crippen molar-refractivity contribution in [2.24, 2.45) is 0 Å². The number of nitrogens with zero attached hydrogens (tertiary/aromatic N) is 1. The molecule has 4 aromatic rings. The van der Waals surface area contributed by atoms with Crippen LogP contribution in [-0.4, -0.2) is 20.9 Å². The molecule has 0 saturated carbocycles.